The monoisotopic (exact) mass is 324 g/mol. The highest BCUT2D eigenvalue weighted by molar-refractivity contribution is 8.18. The van der Waals surface area contributed by atoms with Gasteiger partial charge < -0.3 is 10.4 Å². The van der Waals surface area contributed by atoms with Gasteiger partial charge in [0.15, 0.2) is 5.17 Å². The summed E-state index contributed by atoms with van der Waals surface area (Å²) in [6.45, 7) is 3.68. The van der Waals surface area contributed by atoms with Crippen molar-refractivity contribution in [3.8, 4) is 5.75 Å². The van der Waals surface area contributed by atoms with Gasteiger partial charge in [-0.2, -0.15) is 0 Å². The summed E-state index contributed by atoms with van der Waals surface area (Å²) in [5.41, 5.74) is 3.26. The van der Waals surface area contributed by atoms with E-state index in [1.54, 1.807) is 0 Å². The van der Waals surface area contributed by atoms with Gasteiger partial charge in [-0.15, -0.1) is 0 Å². The number of hydrogen-bond acceptors (Lipinski definition) is 4. The molecule has 1 aliphatic heterocycles. The normalized spacial score (nSPS) is 17.7. The zero-order chi connectivity index (χ0) is 16.4. The highest BCUT2D eigenvalue weighted by atomic mass is 32.2. The van der Waals surface area contributed by atoms with Crippen LogP contribution in [0, 0.1) is 13.8 Å². The van der Waals surface area contributed by atoms with Crippen LogP contribution in [0.1, 0.15) is 16.7 Å². The van der Waals surface area contributed by atoms with Crippen LogP contribution >= 0.6 is 11.8 Å². The predicted molar refractivity (Wildman–Crippen MR) is 94.8 cm³/mol. The van der Waals surface area contributed by atoms with E-state index in [1.165, 1.54) is 11.8 Å². The molecule has 0 bridgehead atoms. The molecular weight excluding hydrogens is 308 g/mol. The standard InChI is InChI=1S/C18H16N2O2S/c1-11-8-13(9-12(2)16(11)21)10-15-17(22)20-18(23-15)19-14-6-4-3-5-7-14/h3-10,21H,1-2H3,(H,19,20,22). The molecule has 0 radical (unpaired) electrons. The third-order valence-electron chi connectivity index (χ3n) is 3.45. The molecule has 0 atom stereocenters. The number of aryl methyl sites for hydroxylation is 2. The van der Waals surface area contributed by atoms with E-state index >= 15 is 0 Å². The number of para-hydroxylation sites is 1. The molecule has 2 aromatic carbocycles. The number of amidine groups is 1. The van der Waals surface area contributed by atoms with Crippen LogP contribution in [0.2, 0.25) is 0 Å². The Morgan fingerprint density at radius 2 is 1.78 bits per heavy atom. The van der Waals surface area contributed by atoms with Crippen LogP contribution in [0.25, 0.3) is 6.08 Å². The first-order valence-electron chi connectivity index (χ1n) is 7.18. The molecule has 2 aromatic rings. The quantitative estimate of drug-likeness (QED) is 0.824. The van der Waals surface area contributed by atoms with Crippen LogP contribution in [0.15, 0.2) is 52.4 Å². The van der Waals surface area contributed by atoms with Crippen LogP contribution in [0.4, 0.5) is 5.69 Å². The fraction of sp³-hybridized carbons (Fsp3) is 0.111. The number of phenols is 1. The van der Waals surface area contributed by atoms with Gasteiger partial charge in [0, 0.05) is 0 Å². The van der Waals surface area contributed by atoms with Crippen LogP contribution in [-0.4, -0.2) is 16.2 Å². The Morgan fingerprint density at radius 3 is 2.43 bits per heavy atom. The van der Waals surface area contributed by atoms with Crippen LogP contribution in [-0.2, 0) is 4.79 Å². The van der Waals surface area contributed by atoms with Gasteiger partial charge in [0.05, 0.1) is 10.6 Å². The Morgan fingerprint density at radius 1 is 1.13 bits per heavy atom. The van der Waals surface area contributed by atoms with Gasteiger partial charge in [-0.1, -0.05) is 18.2 Å². The number of benzene rings is 2. The zero-order valence-electron chi connectivity index (χ0n) is 12.8. The van der Waals surface area contributed by atoms with Gasteiger partial charge in [-0.3, -0.25) is 4.79 Å². The average Bonchev–Trinajstić information content (AvgIpc) is 2.85. The van der Waals surface area contributed by atoms with Gasteiger partial charge in [0.25, 0.3) is 5.91 Å². The first kappa shape index (κ1) is 15.4. The minimum absolute atomic E-state index is 0.159. The highest BCUT2D eigenvalue weighted by Crippen LogP contribution is 2.30. The maximum absolute atomic E-state index is 12.1. The van der Waals surface area contributed by atoms with Crippen LogP contribution < -0.4 is 5.32 Å². The van der Waals surface area contributed by atoms with E-state index in [2.05, 4.69) is 10.3 Å². The van der Waals surface area contributed by atoms with E-state index in [0.29, 0.717) is 15.8 Å². The molecule has 0 aromatic heterocycles. The summed E-state index contributed by atoms with van der Waals surface area (Å²) in [4.78, 5) is 17.1. The van der Waals surface area contributed by atoms with Gasteiger partial charge in [0.1, 0.15) is 5.75 Å². The molecule has 1 heterocycles. The Hall–Kier alpha value is -2.53. The maximum atomic E-state index is 12.1. The van der Waals surface area contributed by atoms with Crippen LogP contribution in [0.5, 0.6) is 5.75 Å². The van der Waals surface area contributed by atoms with Crippen LogP contribution in [0.3, 0.4) is 0 Å². The van der Waals surface area contributed by atoms with E-state index < -0.39 is 0 Å². The summed E-state index contributed by atoms with van der Waals surface area (Å²) < 4.78 is 0. The van der Waals surface area contributed by atoms with Crippen molar-refractivity contribution in [2.24, 2.45) is 4.99 Å². The smallest absolute Gasteiger partial charge is 0.264 e. The lowest BCUT2D eigenvalue weighted by atomic mass is 10.1. The number of thioether (sulfide) groups is 1. The summed E-state index contributed by atoms with van der Waals surface area (Å²) in [7, 11) is 0. The topological polar surface area (TPSA) is 61.7 Å². The summed E-state index contributed by atoms with van der Waals surface area (Å²) in [6.07, 6.45) is 1.81. The summed E-state index contributed by atoms with van der Waals surface area (Å²) >= 11 is 1.31. The molecule has 1 fully saturated rings. The second-order valence-electron chi connectivity index (χ2n) is 5.32. The second kappa shape index (κ2) is 6.30. The van der Waals surface area contributed by atoms with Gasteiger partial charge >= 0.3 is 0 Å². The van der Waals surface area contributed by atoms with Crippen molar-refractivity contribution in [3.05, 3.63) is 64.1 Å². The molecule has 0 spiro atoms. The third-order valence-corrected chi connectivity index (χ3v) is 4.36. The Kier molecular flexibility index (Phi) is 4.21. The average molecular weight is 324 g/mol. The number of carbonyl (C=O) groups is 1. The van der Waals surface area contributed by atoms with E-state index in [0.717, 1.165) is 22.4 Å². The van der Waals surface area contributed by atoms with Crippen molar-refractivity contribution in [2.45, 2.75) is 13.8 Å². The SMILES string of the molecule is Cc1cc(C=C2SC(=Nc3ccccc3)NC2=O)cc(C)c1O. The van der Waals surface area contributed by atoms with E-state index in [1.807, 2.05) is 62.4 Å². The molecule has 1 saturated heterocycles. The Bertz CT molecular complexity index is 803. The van der Waals surface area contributed by atoms with Crippen molar-refractivity contribution in [1.82, 2.24) is 5.32 Å². The van der Waals surface area contributed by atoms with Crippen molar-refractivity contribution in [1.29, 1.82) is 0 Å². The van der Waals surface area contributed by atoms with Gasteiger partial charge in [0.2, 0.25) is 0 Å². The Balaban J connectivity index is 1.87. The third kappa shape index (κ3) is 3.46. The molecule has 0 aliphatic carbocycles. The lowest BCUT2D eigenvalue weighted by Crippen LogP contribution is -2.19. The molecule has 4 nitrogen and oxygen atoms in total. The number of amides is 1. The second-order valence-corrected chi connectivity index (χ2v) is 6.35. The number of phenolic OH excluding ortho intramolecular Hbond substituents is 1. The van der Waals surface area contributed by atoms with Gasteiger partial charge in [-0.25, -0.2) is 4.99 Å². The zero-order valence-corrected chi connectivity index (χ0v) is 13.6. The van der Waals surface area contributed by atoms with Crippen molar-refractivity contribution in [3.63, 3.8) is 0 Å². The molecule has 2 N–H and O–H groups in total. The van der Waals surface area contributed by atoms with Crippen molar-refractivity contribution in [2.75, 3.05) is 0 Å². The van der Waals surface area contributed by atoms with E-state index in [4.69, 9.17) is 0 Å². The number of nitrogens with one attached hydrogen (secondary N) is 1. The number of hydrogen-bond donors (Lipinski definition) is 2. The lowest BCUT2D eigenvalue weighted by Gasteiger charge is -2.05. The molecule has 116 valence electrons. The van der Waals surface area contributed by atoms with Crippen molar-refractivity contribution >= 4 is 34.6 Å². The predicted octanol–water partition coefficient (Wildman–Crippen LogP) is 3.90. The summed E-state index contributed by atoms with van der Waals surface area (Å²) in [5.74, 6) is 0.134. The molecule has 0 unspecified atom stereocenters. The number of carbonyl (C=O) groups excluding carboxylic acids is 1. The van der Waals surface area contributed by atoms with E-state index in [-0.39, 0.29) is 5.91 Å². The van der Waals surface area contributed by atoms with Crippen molar-refractivity contribution < 1.29 is 9.90 Å². The molecule has 23 heavy (non-hydrogen) atoms. The minimum atomic E-state index is -0.159. The molecule has 5 heteroatoms. The fourth-order valence-corrected chi connectivity index (χ4v) is 3.17. The summed E-state index contributed by atoms with van der Waals surface area (Å²) in [6, 6.07) is 13.2. The number of aliphatic imine (C=N–C) groups is 1. The van der Waals surface area contributed by atoms with E-state index in [9.17, 15) is 9.90 Å². The number of aromatic hydroxyl groups is 1. The first-order valence-corrected chi connectivity index (χ1v) is 7.99. The number of nitrogens with zero attached hydrogens (tertiary/aromatic N) is 1. The molecule has 1 aliphatic rings. The first-order chi connectivity index (χ1) is 11.0. The largest absolute Gasteiger partial charge is 0.507 e. The Labute approximate surface area is 139 Å². The molecule has 1 amide bonds. The van der Waals surface area contributed by atoms with Gasteiger partial charge in [-0.05, 0) is 72.6 Å². The highest BCUT2D eigenvalue weighted by Gasteiger charge is 2.23. The molecular formula is C18H16N2O2S. The maximum Gasteiger partial charge on any atom is 0.264 e. The lowest BCUT2D eigenvalue weighted by molar-refractivity contribution is -0.115. The summed E-state index contributed by atoms with van der Waals surface area (Å²) in [5, 5.41) is 13.2. The number of rotatable bonds is 2. The fourth-order valence-electron chi connectivity index (χ4n) is 2.32. The minimum Gasteiger partial charge on any atom is -0.507 e. The molecule has 0 saturated carbocycles. The molecule has 3 rings (SSSR count).